The van der Waals surface area contributed by atoms with Crippen molar-refractivity contribution in [2.75, 3.05) is 5.73 Å². The summed E-state index contributed by atoms with van der Waals surface area (Å²) >= 11 is 0. The van der Waals surface area contributed by atoms with E-state index in [2.05, 4.69) is 0 Å². The van der Waals surface area contributed by atoms with Gasteiger partial charge in [-0.2, -0.15) is 0 Å². The number of nitrogens with two attached hydrogens (primary N) is 1. The first kappa shape index (κ1) is 12.1. The number of ether oxygens (including phenoxy) is 1. The normalized spacial score (nSPS) is 10.1. The monoisotopic (exact) mass is 245 g/mol. The number of benzene rings is 2. The summed E-state index contributed by atoms with van der Waals surface area (Å²) in [6.07, 6.45) is 0.678. The topological polar surface area (TPSA) is 52.3 Å². The molecule has 0 aromatic heterocycles. The molecular weight excluding hydrogens is 233 g/mol. The molecule has 0 fully saturated rings. The highest BCUT2D eigenvalue weighted by Crippen LogP contribution is 2.20. The predicted octanol–water partition coefficient (Wildman–Crippen LogP) is 2.80. The summed E-state index contributed by atoms with van der Waals surface area (Å²) in [5.74, 6) is 0.118. The molecular formula is C14H12FNO2. The summed E-state index contributed by atoms with van der Waals surface area (Å²) in [5.41, 5.74) is 7.14. The molecule has 0 aliphatic heterocycles. The van der Waals surface area contributed by atoms with Crippen LogP contribution in [0.1, 0.15) is 15.9 Å². The van der Waals surface area contributed by atoms with Gasteiger partial charge in [-0.25, -0.2) is 4.39 Å². The molecule has 2 aromatic carbocycles. The summed E-state index contributed by atoms with van der Waals surface area (Å²) in [5, 5.41) is 0. The molecule has 0 unspecified atom stereocenters. The minimum Gasteiger partial charge on any atom is -0.488 e. The Morgan fingerprint density at radius 1 is 1.22 bits per heavy atom. The fourth-order valence-electron chi connectivity index (χ4n) is 1.58. The van der Waals surface area contributed by atoms with Crippen LogP contribution in [0, 0.1) is 5.82 Å². The molecule has 3 nitrogen and oxygen atoms in total. The number of rotatable bonds is 4. The first-order valence-electron chi connectivity index (χ1n) is 5.41. The zero-order valence-electron chi connectivity index (χ0n) is 9.60. The third-order valence-corrected chi connectivity index (χ3v) is 2.44. The number of nitrogen functional groups attached to an aromatic ring is 1. The van der Waals surface area contributed by atoms with Crippen LogP contribution in [0.2, 0.25) is 0 Å². The molecule has 18 heavy (non-hydrogen) atoms. The quantitative estimate of drug-likeness (QED) is 0.665. The maximum Gasteiger partial charge on any atom is 0.153 e. The Balaban J connectivity index is 2.13. The van der Waals surface area contributed by atoms with Gasteiger partial charge in [0, 0.05) is 5.69 Å². The van der Waals surface area contributed by atoms with E-state index in [0.717, 1.165) is 0 Å². The van der Waals surface area contributed by atoms with E-state index in [4.69, 9.17) is 10.5 Å². The van der Waals surface area contributed by atoms with Crippen molar-refractivity contribution in [1.29, 1.82) is 0 Å². The SMILES string of the molecule is Nc1ccc(OCc2cccc(F)c2)c(C=O)c1. The van der Waals surface area contributed by atoms with E-state index in [9.17, 15) is 9.18 Å². The number of carbonyl (C=O) groups excluding carboxylic acids is 1. The van der Waals surface area contributed by atoms with E-state index in [0.29, 0.717) is 28.8 Å². The lowest BCUT2D eigenvalue weighted by atomic mass is 10.2. The van der Waals surface area contributed by atoms with Gasteiger partial charge in [0.2, 0.25) is 0 Å². The van der Waals surface area contributed by atoms with Gasteiger partial charge in [0.1, 0.15) is 18.2 Å². The van der Waals surface area contributed by atoms with E-state index in [-0.39, 0.29) is 12.4 Å². The predicted molar refractivity (Wildman–Crippen MR) is 67.0 cm³/mol. The average Bonchev–Trinajstić information content (AvgIpc) is 2.37. The van der Waals surface area contributed by atoms with Gasteiger partial charge in [-0.3, -0.25) is 4.79 Å². The standard InChI is InChI=1S/C14H12FNO2/c15-12-3-1-2-10(6-12)9-18-14-5-4-13(16)7-11(14)8-17/h1-8H,9,16H2. The van der Waals surface area contributed by atoms with Gasteiger partial charge in [-0.15, -0.1) is 0 Å². The second-order valence-corrected chi connectivity index (χ2v) is 3.83. The number of halogens is 1. The summed E-state index contributed by atoms with van der Waals surface area (Å²) in [7, 11) is 0. The van der Waals surface area contributed by atoms with Crippen LogP contribution in [0.25, 0.3) is 0 Å². The highest BCUT2D eigenvalue weighted by atomic mass is 19.1. The average molecular weight is 245 g/mol. The Morgan fingerprint density at radius 2 is 2.06 bits per heavy atom. The van der Waals surface area contributed by atoms with E-state index >= 15 is 0 Å². The second kappa shape index (κ2) is 5.31. The molecule has 0 spiro atoms. The largest absolute Gasteiger partial charge is 0.488 e. The lowest BCUT2D eigenvalue weighted by Crippen LogP contribution is -1.99. The van der Waals surface area contributed by atoms with Crippen LogP contribution in [0.3, 0.4) is 0 Å². The van der Waals surface area contributed by atoms with Gasteiger partial charge in [0.15, 0.2) is 6.29 Å². The third kappa shape index (κ3) is 2.85. The van der Waals surface area contributed by atoms with Gasteiger partial charge in [-0.05, 0) is 35.9 Å². The minimum absolute atomic E-state index is 0.197. The van der Waals surface area contributed by atoms with E-state index in [1.165, 1.54) is 18.2 Å². The molecule has 2 N–H and O–H groups in total. The lowest BCUT2D eigenvalue weighted by molar-refractivity contribution is 0.111. The van der Waals surface area contributed by atoms with Gasteiger partial charge >= 0.3 is 0 Å². The zero-order valence-corrected chi connectivity index (χ0v) is 9.60. The van der Waals surface area contributed by atoms with E-state index < -0.39 is 0 Å². The third-order valence-electron chi connectivity index (χ3n) is 2.44. The Hall–Kier alpha value is -2.36. The zero-order chi connectivity index (χ0) is 13.0. The fraction of sp³-hybridized carbons (Fsp3) is 0.0714. The van der Waals surface area contributed by atoms with Crippen molar-refractivity contribution in [3.8, 4) is 5.75 Å². The van der Waals surface area contributed by atoms with Crippen molar-refractivity contribution in [3.05, 3.63) is 59.4 Å². The molecule has 0 aliphatic carbocycles. The van der Waals surface area contributed by atoms with Crippen molar-refractivity contribution < 1.29 is 13.9 Å². The molecule has 92 valence electrons. The Labute approximate surface area is 104 Å². The van der Waals surface area contributed by atoms with Crippen LogP contribution in [0.5, 0.6) is 5.75 Å². The van der Waals surface area contributed by atoms with Crippen molar-refractivity contribution in [2.24, 2.45) is 0 Å². The van der Waals surface area contributed by atoms with Gasteiger partial charge in [0.25, 0.3) is 0 Å². The molecule has 0 radical (unpaired) electrons. The Morgan fingerprint density at radius 3 is 2.78 bits per heavy atom. The smallest absolute Gasteiger partial charge is 0.153 e. The molecule has 0 atom stereocenters. The van der Waals surface area contributed by atoms with Gasteiger partial charge in [0.05, 0.1) is 5.56 Å². The summed E-state index contributed by atoms with van der Waals surface area (Å²) in [6, 6.07) is 10.9. The molecule has 0 saturated carbocycles. The van der Waals surface area contributed by atoms with Gasteiger partial charge < -0.3 is 10.5 Å². The van der Waals surface area contributed by atoms with Crippen LogP contribution in [-0.4, -0.2) is 6.29 Å². The maximum absolute atomic E-state index is 13.0. The fourth-order valence-corrected chi connectivity index (χ4v) is 1.58. The number of aldehydes is 1. The second-order valence-electron chi connectivity index (χ2n) is 3.83. The minimum atomic E-state index is -0.316. The van der Waals surface area contributed by atoms with Crippen LogP contribution in [-0.2, 0) is 6.61 Å². The van der Waals surface area contributed by atoms with Crippen molar-refractivity contribution >= 4 is 12.0 Å². The number of hydrogen-bond acceptors (Lipinski definition) is 3. The van der Waals surface area contributed by atoms with E-state index in [1.807, 2.05) is 0 Å². The van der Waals surface area contributed by atoms with Crippen molar-refractivity contribution in [3.63, 3.8) is 0 Å². The Kier molecular flexibility index (Phi) is 3.57. The van der Waals surface area contributed by atoms with Crippen molar-refractivity contribution in [2.45, 2.75) is 6.61 Å². The number of carbonyl (C=O) groups is 1. The molecule has 0 saturated heterocycles. The molecule has 0 heterocycles. The molecule has 2 aromatic rings. The molecule has 0 bridgehead atoms. The van der Waals surface area contributed by atoms with E-state index in [1.54, 1.807) is 24.3 Å². The molecule has 0 amide bonds. The number of hydrogen-bond donors (Lipinski definition) is 1. The van der Waals surface area contributed by atoms with Crippen molar-refractivity contribution in [1.82, 2.24) is 0 Å². The molecule has 0 aliphatic rings. The van der Waals surface area contributed by atoms with Crippen LogP contribution >= 0.6 is 0 Å². The number of anilines is 1. The molecule has 2 rings (SSSR count). The van der Waals surface area contributed by atoms with Gasteiger partial charge in [-0.1, -0.05) is 12.1 Å². The van der Waals surface area contributed by atoms with Crippen LogP contribution in [0.4, 0.5) is 10.1 Å². The maximum atomic E-state index is 13.0. The summed E-state index contributed by atoms with van der Waals surface area (Å²) in [4.78, 5) is 10.8. The molecule has 4 heteroatoms. The Bertz CT molecular complexity index is 569. The highest BCUT2D eigenvalue weighted by molar-refractivity contribution is 5.81. The first-order chi connectivity index (χ1) is 8.69. The lowest BCUT2D eigenvalue weighted by Gasteiger charge is -2.09. The highest BCUT2D eigenvalue weighted by Gasteiger charge is 2.04. The van der Waals surface area contributed by atoms with Crippen LogP contribution < -0.4 is 10.5 Å². The van der Waals surface area contributed by atoms with Crippen LogP contribution in [0.15, 0.2) is 42.5 Å². The first-order valence-corrected chi connectivity index (χ1v) is 5.41. The summed E-state index contributed by atoms with van der Waals surface area (Å²) < 4.78 is 18.4. The summed E-state index contributed by atoms with van der Waals surface area (Å²) in [6.45, 7) is 0.197.